The molecule has 0 aromatic heterocycles. The molecule has 0 radical (unpaired) electrons. The van der Waals surface area contributed by atoms with E-state index in [0.717, 1.165) is 5.56 Å². The Kier molecular flexibility index (Phi) is 5.90. The molecule has 0 aliphatic rings. The van der Waals surface area contributed by atoms with Crippen LogP contribution in [0, 0.1) is 5.41 Å². The Morgan fingerprint density at radius 3 is 2.57 bits per heavy atom. The third kappa shape index (κ3) is 5.95. The zero-order valence-corrected chi connectivity index (χ0v) is 12.8. The number of hydrogen-bond acceptors (Lipinski definition) is 3. The van der Waals surface area contributed by atoms with Crippen molar-refractivity contribution in [2.45, 2.75) is 39.7 Å². The van der Waals surface area contributed by atoms with Crippen molar-refractivity contribution in [2.24, 2.45) is 11.1 Å². The lowest BCUT2D eigenvalue weighted by Crippen LogP contribution is -2.40. The number of benzene rings is 1. The number of carboxylic acid groups (broad SMARTS) is 1. The van der Waals surface area contributed by atoms with Gasteiger partial charge < -0.3 is 16.2 Å². The van der Waals surface area contributed by atoms with E-state index < -0.39 is 5.97 Å². The molecule has 0 saturated carbocycles. The second-order valence-corrected chi connectivity index (χ2v) is 6.28. The van der Waals surface area contributed by atoms with Crippen molar-refractivity contribution >= 4 is 11.9 Å². The van der Waals surface area contributed by atoms with Crippen molar-refractivity contribution in [1.29, 1.82) is 0 Å². The summed E-state index contributed by atoms with van der Waals surface area (Å²) < 4.78 is 0. The van der Waals surface area contributed by atoms with Gasteiger partial charge in [0.2, 0.25) is 5.91 Å². The van der Waals surface area contributed by atoms with E-state index in [1.54, 1.807) is 18.2 Å². The molecule has 0 bridgehead atoms. The maximum Gasteiger partial charge on any atom is 0.335 e. The zero-order valence-electron chi connectivity index (χ0n) is 12.8. The number of nitrogens with one attached hydrogen (secondary N) is 1. The molecule has 0 heterocycles. The van der Waals surface area contributed by atoms with Gasteiger partial charge in [0.1, 0.15) is 0 Å². The van der Waals surface area contributed by atoms with Crippen LogP contribution in [0.25, 0.3) is 0 Å². The van der Waals surface area contributed by atoms with Crippen molar-refractivity contribution in [3.05, 3.63) is 35.4 Å². The highest BCUT2D eigenvalue weighted by atomic mass is 16.4. The normalized spacial score (nSPS) is 12.8. The number of rotatable bonds is 6. The standard InChI is InChI=1S/C16H24N2O3/c1-16(2,3)13(17)10-14(19)18-8-7-11-5-4-6-12(9-11)15(20)21/h4-6,9,13H,7-8,10,17H2,1-3H3,(H,18,19)(H,20,21). The van der Waals surface area contributed by atoms with Crippen LogP contribution in [0.4, 0.5) is 0 Å². The molecule has 0 fully saturated rings. The first-order valence-corrected chi connectivity index (χ1v) is 7.04. The number of carbonyl (C=O) groups excluding carboxylic acids is 1. The molecule has 0 aliphatic carbocycles. The molecular weight excluding hydrogens is 268 g/mol. The molecule has 1 unspecified atom stereocenters. The quantitative estimate of drug-likeness (QED) is 0.745. The zero-order chi connectivity index (χ0) is 16.0. The third-order valence-electron chi connectivity index (χ3n) is 3.43. The van der Waals surface area contributed by atoms with Crippen LogP contribution >= 0.6 is 0 Å². The van der Waals surface area contributed by atoms with Crippen molar-refractivity contribution in [2.75, 3.05) is 6.54 Å². The minimum atomic E-state index is -0.947. The first kappa shape index (κ1) is 17.2. The molecule has 21 heavy (non-hydrogen) atoms. The van der Waals surface area contributed by atoms with Crippen LogP contribution in [0.5, 0.6) is 0 Å². The summed E-state index contributed by atoms with van der Waals surface area (Å²) in [7, 11) is 0. The van der Waals surface area contributed by atoms with Crippen LogP contribution in [-0.2, 0) is 11.2 Å². The number of carboxylic acids is 1. The van der Waals surface area contributed by atoms with Crippen molar-refractivity contribution in [3.63, 3.8) is 0 Å². The van der Waals surface area contributed by atoms with E-state index in [1.807, 2.05) is 26.8 Å². The van der Waals surface area contributed by atoms with E-state index in [2.05, 4.69) is 5.32 Å². The number of carbonyl (C=O) groups is 2. The van der Waals surface area contributed by atoms with Gasteiger partial charge in [-0.15, -0.1) is 0 Å². The number of aromatic carboxylic acids is 1. The second kappa shape index (κ2) is 7.22. The van der Waals surface area contributed by atoms with E-state index in [9.17, 15) is 9.59 Å². The van der Waals surface area contributed by atoms with Gasteiger partial charge in [0.05, 0.1) is 5.56 Å². The number of hydrogen-bond donors (Lipinski definition) is 3. The lowest BCUT2D eigenvalue weighted by atomic mass is 9.85. The van der Waals surface area contributed by atoms with Gasteiger partial charge in [-0.05, 0) is 29.5 Å². The number of amides is 1. The van der Waals surface area contributed by atoms with Gasteiger partial charge in [0.15, 0.2) is 0 Å². The molecule has 4 N–H and O–H groups in total. The molecule has 0 saturated heterocycles. The Morgan fingerprint density at radius 2 is 2.00 bits per heavy atom. The maximum atomic E-state index is 11.8. The fourth-order valence-corrected chi connectivity index (χ4v) is 1.78. The van der Waals surface area contributed by atoms with Gasteiger partial charge in [0.25, 0.3) is 0 Å². The molecule has 1 amide bonds. The van der Waals surface area contributed by atoms with E-state index >= 15 is 0 Å². The molecule has 116 valence electrons. The summed E-state index contributed by atoms with van der Waals surface area (Å²) in [5.41, 5.74) is 7.00. The summed E-state index contributed by atoms with van der Waals surface area (Å²) in [6.45, 7) is 6.48. The molecule has 0 aliphatic heterocycles. The van der Waals surface area contributed by atoms with Crippen molar-refractivity contribution < 1.29 is 14.7 Å². The molecule has 1 rings (SSSR count). The first-order chi connectivity index (χ1) is 9.70. The van der Waals surface area contributed by atoms with E-state index in [-0.39, 0.29) is 22.9 Å². The molecule has 1 aromatic carbocycles. The Morgan fingerprint density at radius 1 is 1.33 bits per heavy atom. The average Bonchev–Trinajstić information content (AvgIpc) is 2.37. The van der Waals surface area contributed by atoms with Gasteiger partial charge in [0, 0.05) is 19.0 Å². The minimum absolute atomic E-state index is 0.0770. The van der Waals surface area contributed by atoms with Crippen LogP contribution in [0.2, 0.25) is 0 Å². The monoisotopic (exact) mass is 292 g/mol. The summed E-state index contributed by atoms with van der Waals surface area (Å²) in [5, 5.41) is 11.7. The third-order valence-corrected chi connectivity index (χ3v) is 3.43. The van der Waals surface area contributed by atoms with Crippen LogP contribution in [-0.4, -0.2) is 29.6 Å². The SMILES string of the molecule is CC(C)(C)C(N)CC(=O)NCCc1cccc(C(=O)O)c1. The summed E-state index contributed by atoms with van der Waals surface area (Å²) in [6.07, 6.45) is 0.885. The highest BCUT2D eigenvalue weighted by Gasteiger charge is 2.22. The highest BCUT2D eigenvalue weighted by Crippen LogP contribution is 2.19. The molecule has 5 nitrogen and oxygen atoms in total. The lowest BCUT2D eigenvalue weighted by molar-refractivity contribution is -0.121. The smallest absolute Gasteiger partial charge is 0.335 e. The fraction of sp³-hybridized carbons (Fsp3) is 0.500. The van der Waals surface area contributed by atoms with Gasteiger partial charge >= 0.3 is 5.97 Å². The van der Waals surface area contributed by atoms with Crippen LogP contribution in [0.3, 0.4) is 0 Å². The predicted octanol–water partition coefficient (Wildman–Crippen LogP) is 1.81. The molecule has 0 spiro atoms. The molecular formula is C16H24N2O3. The maximum absolute atomic E-state index is 11.8. The summed E-state index contributed by atoms with van der Waals surface area (Å²) in [5.74, 6) is -1.02. The van der Waals surface area contributed by atoms with E-state index in [1.165, 1.54) is 0 Å². The molecule has 5 heteroatoms. The largest absolute Gasteiger partial charge is 0.478 e. The van der Waals surface area contributed by atoms with Gasteiger partial charge in [-0.25, -0.2) is 4.79 Å². The second-order valence-electron chi connectivity index (χ2n) is 6.28. The minimum Gasteiger partial charge on any atom is -0.478 e. The molecule has 1 aromatic rings. The van der Waals surface area contributed by atoms with Gasteiger partial charge in [-0.2, -0.15) is 0 Å². The lowest BCUT2D eigenvalue weighted by Gasteiger charge is -2.26. The highest BCUT2D eigenvalue weighted by molar-refractivity contribution is 5.87. The van der Waals surface area contributed by atoms with Gasteiger partial charge in [-0.3, -0.25) is 4.79 Å². The van der Waals surface area contributed by atoms with Crippen molar-refractivity contribution in [1.82, 2.24) is 5.32 Å². The summed E-state index contributed by atoms with van der Waals surface area (Å²) in [6, 6.07) is 6.53. The first-order valence-electron chi connectivity index (χ1n) is 7.04. The van der Waals surface area contributed by atoms with Gasteiger partial charge in [-0.1, -0.05) is 32.9 Å². The van der Waals surface area contributed by atoms with Crippen molar-refractivity contribution in [3.8, 4) is 0 Å². The number of nitrogens with two attached hydrogens (primary N) is 1. The average molecular weight is 292 g/mol. The topological polar surface area (TPSA) is 92.4 Å². The predicted molar refractivity (Wildman–Crippen MR) is 82.2 cm³/mol. The van der Waals surface area contributed by atoms with Crippen LogP contribution < -0.4 is 11.1 Å². The summed E-state index contributed by atoms with van der Waals surface area (Å²) in [4.78, 5) is 22.6. The Balaban J connectivity index is 2.42. The van der Waals surface area contributed by atoms with Crippen LogP contribution in [0.15, 0.2) is 24.3 Å². The Hall–Kier alpha value is -1.88. The Labute approximate surface area is 125 Å². The Bertz CT molecular complexity index is 506. The summed E-state index contributed by atoms with van der Waals surface area (Å²) >= 11 is 0. The van der Waals surface area contributed by atoms with E-state index in [0.29, 0.717) is 19.4 Å². The fourth-order valence-electron chi connectivity index (χ4n) is 1.78. The van der Waals surface area contributed by atoms with E-state index in [4.69, 9.17) is 10.8 Å². The molecule has 1 atom stereocenters. The van der Waals surface area contributed by atoms with Crippen LogP contribution in [0.1, 0.15) is 43.1 Å².